The van der Waals surface area contributed by atoms with E-state index in [2.05, 4.69) is 75.5 Å². The van der Waals surface area contributed by atoms with Crippen LogP contribution in [0.5, 0.6) is 5.88 Å². The highest BCUT2D eigenvalue weighted by atomic mass is 32.2. The first kappa shape index (κ1) is 43.2. The van der Waals surface area contributed by atoms with E-state index in [0.717, 1.165) is 25.9 Å². The first-order valence-corrected chi connectivity index (χ1v) is 25.2. The minimum atomic E-state index is -2.87. The number of hydrogen-bond acceptors (Lipinski definition) is 8. The van der Waals surface area contributed by atoms with Gasteiger partial charge in [0.05, 0.1) is 18.1 Å². The number of fused-ring (bicyclic) bond motifs is 7. The van der Waals surface area contributed by atoms with Gasteiger partial charge >= 0.3 is 5.97 Å². The fourth-order valence-corrected chi connectivity index (χ4v) is 16.8. The number of aromatic nitrogens is 1. The zero-order chi connectivity index (χ0) is 42.1. The molecule has 8 nitrogen and oxygen atoms in total. The summed E-state index contributed by atoms with van der Waals surface area (Å²) in [6.45, 7) is 25.9. The molecule has 326 valence electrons. The molecule has 1 unspecified atom stereocenters. The molecule has 0 radical (unpaired) electrons. The number of esters is 1. The maximum absolute atomic E-state index is 13.5. The second-order valence-electron chi connectivity index (χ2n) is 21.7. The molecule has 0 aromatic carbocycles. The van der Waals surface area contributed by atoms with Crippen molar-refractivity contribution in [1.82, 2.24) is 15.2 Å². The minimum Gasteiger partial charge on any atom is -0.476 e. The Labute approximate surface area is 356 Å². The molecular formula is C50H75N3O5S. The van der Waals surface area contributed by atoms with E-state index in [4.69, 9.17) is 9.47 Å². The molecule has 59 heavy (non-hydrogen) atoms. The number of ether oxygens (including phenoxy) is 2. The molecule has 2 heterocycles. The lowest BCUT2D eigenvalue weighted by Gasteiger charge is -2.72. The van der Waals surface area contributed by atoms with Crippen LogP contribution in [0.25, 0.3) is 0 Å². The first-order valence-electron chi connectivity index (χ1n) is 23.4. The third kappa shape index (κ3) is 7.21. The van der Waals surface area contributed by atoms with Crippen LogP contribution in [-0.4, -0.2) is 80.7 Å². The highest BCUT2D eigenvalue weighted by Gasteiger charge is 2.70. The molecule has 6 aliphatic carbocycles. The van der Waals surface area contributed by atoms with Crippen LogP contribution in [0.3, 0.4) is 0 Å². The first-order chi connectivity index (χ1) is 27.9. The largest absolute Gasteiger partial charge is 0.476 e. The van der Waals surface area contributed by atoms with E-state index in [0.29, 0.717) is 79.5 Å². The third-order valence-corrected chi connectivity index (χ3v) is 20.4. The van der Waals surface area contributed by atoms with Gasteiger partial charge in [-0.1, -0.05) is 65.0 Å². The Kier molecular flexibility index (Phi) is 11.5. The predicted octanol–water partition coefficient (Wildman–Crippen LogP) is 9.39. The van der Waals surface area contributed by atoms with Gasteiger partial charge in [0.2, 0.25) is 5.88 Å². The summed E-state index contributed by atoms with van der Waals surface area (Å²) in [4.78, 5) is 20.2. The summed E-state index contributed by atoms with van der Waals surface area (Å²) in [7, 11) is -2.87. The lowest BCUT2D eigenvalue weighted by atomic mass is 9.33. The van der Waals surface area contributed by atoms with E-state index < -0.39 is 15.3 Å². The molecule has 1 saturated heterocycles. The molecule has 0 spiro atoms. The number of nitrogens with one attached hydrogen (secondary N) is 1. The van der Waals surface area contributed by atoms with Gasteiger partial charge in [0.15, 0.2) is 9.84 Å². The molecule has 1 aromatic rings. The number of allylic oxidation sites excluding steroid dienone is 5. The van der Waals surface area contributed by atoms with Crippen LogP contribution in [0.15, 0.2) is 59.8 Å². The maximum atomic E-state index is 13.5. The lowest BCUT2D eigenvalue weighted by Crippen LogP contribution is -2.68. The van der Waals surface area contributed by atoms with Crippen molar-refractivity contribution < 1.29 is 22.7 Å². The minimum absolute atomic E-state index is 0.0347. The fourth-order valence-electron chi connectivity index (χ4n) is 15.5. The molecule has 0 bridgehead atoms. The molecule has 5 fully saturated rings. The number of sulfone groups is 1. The Bertz CT molecular complexity index is 1930. The van der Waals surface area contributed by atoms with Gasteiger partial charge in [-0.05, 0) is 159 Å². The summed E-state index contributed by atoms with van der Waals surface area (Å²) < 4.78 is 36.0. The van der Waals surface area contributed by atoms with Crippen molar-refractivity contribution in [3.8, 4) is 5.88 Å². The van der Waals surface area contributed by atoms with Crippen LogP contribution < -0.4 is 10.1 Å². The van der Waals surface area contributed by atoms with Crippen molar-refractivity contribution in [2.45, 2.75) is 131 Å². The SMILES string of the molecule is C=C(C)[C@@H]1CC[C@]2(NCCN3CCS(=O)(=O)CC3)CC[C@]3(C)[C@H](CC[C@@H]4[C@@]5(C)CC=C(C6=CCC(COc7ccccn7)(C(=O)OCC)CC6)C(C)(C)[C@@H]5CC[C@]43C)[C@@H]12. The fraction of sp³-hybridized carbons (Fsp3) is 0.760. The number of nitrogens with zero attached hydrogens (tertiary/aromatic N) is 2. The van der Waals surface area contributed by atoms with Gasteiger partial charge in [0.1, 0.15) is 12.0 Å². The Balaban J connectivity index is 1.01. The van der Waals surface area contributed by atoms with E-state index in [-0.39, 0.29) is 39.8 Å². The second kappa shape index (κ2) is 15.7. The van der Waals surface area contributed by atoms with Crippen molar-refractivity contribution in [2.24, 2.45) is 56.7 Å². The topological polar surface area (TPSA) is 97.8 Å². The highest BCUT2D eigenvalue weighted by Crippen LogP contribution is 2.76. The summed E-state index contributed by atoms with van der Waals surface area (Å²) in [6, 6.07) is 5.63. The molecule has 4 saturated carbocycles. The van der Waals surface area contributed by atoms with E-state index >= 15 is 0 Å². The van der Waals surface area contributed by atoms with Crippen LogP contribution in [0.4, 0.5) is 0 Å². The molecular weight excluding hydrogens is 755 g/mol. The van der Waals surface area contributed by atoms with Crippen molar-refractivity contribution >= 4 is 15.8 Å². The third-order valence-electron chi connectivity index (χ3n) is 18.8. The molecule has 8 rings (SSSR count). The molecule has 9 heteroatoms. The van der Waals surface area contributed by atoms with Crippen molar-refractivity contribution in [2.75, 3.05) is 50.9 Å². The zero-order valence-electron chi connectivity index (χ0n) is 37.5. The van der Waals surface area contributed by atoms with E-state index in [1.165, 1.54) is 68.1 Å². The van der Waals surface area contributed by atoms with Gasteiger partial charge in [0, 0.05) is 44.0 Å². The van der Waals surface area contributed by atoms with Crippen LogP contribution in [0.1, 0.15) is 126 Å². The molecule has 0 amide bonds. The Hall–Kier alpha value is -2.49. The van der Waals surface area contributed by atoms with E-state index in [1.807, 2.05) is 25.1 Å². The zero-order valence-corrected chi connectivity index (χ0v) is 38.4. The molecule has 10 atom stereocenters. The van der Waals surface area contributed by atoms with Crippen LogP contribution in [0, 0.1) is 56.7 Å². The summed E-state index contributed by atoms with van der Waals surface area (Å²) in [6.07, 6.45) is 20.2. The Morgan fingerprint density at radius 3 is 2.39 bits per heavy atom. The normalized spacial score (nSPS) is 41.2. The summed E-state index contributed by atoms with van der Waals surface area (Å²) in [5.41, 5.74) is 4.55. The summed E-state index contributed by atoms with van der Waals surface area (Å²) >= 11 is 0. The van der Waals surface area contributed by atoms with Gasteiger partial charge in [-0.2, -0.15) is 0 Å². The quantitative estimate of drug-likeness (QED) is 0.174. The van der Waals surface area contributed by atoms with Crippen molar-refractivity contribution in [3.05, 3.63) is 59.8 Å². The highest BCUT2D eigenvalue weighted by molar-refractivity contribution is 7.91. The number of carbonyl (C=O) groups excluding carboxylic acids is 1. The Morgan fingerprint density at radius 2 is 1.71 bits per heavy atom. The number of rotatable bonds is 11. The van der Waals surface area contributed by atoms with E-state index in [1.54, 1.807) is 6.20 Å². The summed E-state index contributed by atoms with van der Waals surface area (Å²) in [5.74, 6) is 4.09. The van der Waals surface area contributed by atoms with Crippen LogP contribution >= 0.6 is 0 Å². The monoisotopic (exact) mass is 830 g/mol. The van der Waals surface area contributed by atoms with Gasteiger partial charge in [0.25, 0.3) is 0 Å². The second-order valence-corrected chi connectivity index (χ2v) is 24.0. The average molecular weight is 830 g/mol. The predicted molar refractivity (Wildman–Crippen MR) is 237 cm³/mol. The van der Waals surface area contributed by atoms with Crippen LogP contribution in [-0.2, 0) is 19.4 Å². The summed E-state index contributed by atoms with van der Waals surface area (Å²) in [5, 5.41) is 4.24. The smallest absolute Gasteiger partial charge is 0.315 e. The molecule has 7 aliphatic rings. The molecule has 1 aromatic heterocycles. The lowest BCUT2D eigenvalue weighted by molar-refractivity contribution is -0.221. The molecule has 1 aliphatic heterocycles. The van der Waals surface area contributed by atoms with Crippen molar-refractivity contribution in [3.63, 3.8) is 0 Å². The number of pyridine rings is 1. The molecule has 1 N–H and O–H groups in total. The maximum Gasteiger partial charge on any atom is 0.315 e. The van der Waals surface area contributed by atoms with E-state index in [9.17, 15) is 13.2 Å². The van der Waals surface area contributed by atoms with Gasteiger partial charge in [-0.15, -0.1) is 0 Å². The average Bonchev–Trinajstić information content (AvgIpc) is 3.59. The van der Waals surface area contributed by atoms with Gasteiger partial charge < -0.3 is 19.7 Å². The standard InChI is InChI=1S/C50H75N3O5S/c1-9-57-44(54)49(34-58-42-12-10-11-27-51-42)22-15-36(16-23-49)38-18-20-46(6)40(45(38,4)5)19-21-48(8)41(46)14-13-39-43-37(35(2)3)17-24-50(43,26-25-47(39,48)7)52-28-29-53-30-32-59(55,56)33-31-53/h10-12,15,18,27,37,39-41,43,52H,2,9,13-14,16-17,19-26,28-34H2,1,3-8H3/t37-,39+,40-,41+,43+,46-,47+,48+,49?,50-/m0/s1. The van der Waals surface area contributed by atoms with Crippen LogP contribution in [0.2, 0.25) is 0 Å². The number of hydrogen-bond donors (Lipinski definition) is 1. The van der Waals surface area contributed by atoms with Gasteiger partial charge in [-0.25, -0.2) is 13.4 Å². The van der Waals surface area contributed by atoms with Crippen molar-refractivity contribution in [1.29, 1.82) is 0 Å². The Morgan fingerprint density at radius 1 is 0.932 bits per heavy atom. The van der Waals surface area contributed by atoms with Gasteiger partial charge in [-0.3, -0.25) is 4.79 Å². The number of carbonyl (C=O) groups is 1.